The van der Waals surface area contributed by atoms with Crippen LogP contribution in [0.4, 0.5) is 5.69 Å². The summed E-state index contributed by atoms with van der Waals surface area (Å²) in [6.45, 7) is 7.62. The van der Waals surface area contributed by atoms with Crippen molar-refractivity contribution < 1.29 is 0 Å². The molecule has 1 saturated heterocycles. The Labute approximate surface area is 115 Å². The van der Waals surface area contributed by atoms with E-state index >= 15 is 0 Å². The summed E-state index contributed by atoms with van der Waals surface area (Å²) >= 11 is 6.09. The maximum absolute atomic E-state index is 6.09. The summed E-state index contributed by atoms with van der Waals surface area (Å²) in [6, 6.07) is 6.19. The van der Waals surface area contributed by atoms with Crippen LogP contribution in [0.1, 0.15) is 32.3 Å². The number of anilines is 1. The lowest BCUT2D eigenvalue weighted by atomic mass is 9.83. The number of nitrogens with zero attached hydrogens (tertiary/aromatic N) is 1. The number of hydrogen-bond acceptors (Lipinski definition) is 2. The molecule has 1 aliphatic rings. The van der Waals surface area contributed by atoms with Gasteiger partial charge in [-0.3, -0.25) is 0 Å². The molecular formula is C15H23ClN2. The smallest absolute Gasteiger partial charge is 0.0410 e. The van der Waals surface area contributed by atoms with Gasteiger partial charge in [0.1, 0.15) is 0 Å². The van der Waals surface area contributed by atoms with Crippen molar-refractivity contribution in [3.63, 3.8) is 0 Å². The Balaban J connectivity index is 2.26. The van der Waals surface area contributed by atoms with Crippen molar-refractivity contribution >= 4 is 17.3 Å². The fraction of sp³-hybridized carbons (Fsp3) is 0.600. The Hall–Kier alpha value is -0.730. The normalized spacial score (nSPS) is 19.0. The van der Waals surface area contributed by atoms with Crippen LogP contribution in [0.5, 0.6) is 0 Å². The molecule has 0 bridgehead atoms. The zero-order chi connectivity index (χ0) is 13.2. The minimum absolute atomic E-state index is 0.401. The molecule has 0 saturated carbocycles. The Morgan fingerprint density at radius 1 is 1.39 bits per heavy atom. The largest absolute Gasteiger partial charge is 0.371 e. The highest BCUT2D eigenvalue weighted by molar-refractivity contribution is 6.30. The van der Waals surface area contributed by atoms with Crippen LogP contribution in [0.25, 0.3) is 0 Å². The summed E-state index contributed by atoms with van der Waals surface area (Å²) in [5.41, 5.74) is 8.70. The van der Waals surface area contributed by atoms with Crippen LogP contribution in [-0.2, 0) is 6.42 Å². The molecule has 1 heterocycles. The molecule has 1 aliphatic heterocycles. The molecule has 0 amide bonds. The second-order valence-corrected chi connectivity index (χ2v) is 6.44. The van der Waals surface area contributed by atoms with E-state index in [4.69, 9.17) is 17.3 Å². The van der Waals surface area contributed by atoms with Gasteiger partial charge in [-0.1, -0.05) is 25.4 Å². The third kappa shape index (κ3) is 3.18. The van der Waals surface area contributed by atoms with Gasteiger partial charge in [-0.05, 0) is 55.0 Å². The molecule has 2 nitrogen and oxygen atoms in total. The van der Waals surface area contributed by atoms with E-state index in [9.17, 15) is 0 Å². The molecule has 3 heteroatoms. The van der Waals surface area contributed by atoms with Gasteiger partial charge in [0.05, 0.1) is 0 Å². The standard InChI is InChI=1S/C15H23ClN2/c1-15(2)7-3-9-18(11-15)14-5-4-13(16)10-12(14)6-8-17/h4-5,10H,3,6-9,11,17H2,1-2H3. The van der Waals surface area contributed by atoms with E-state index in [-0.39, 0.29) is 0 Å². The molecular weight excluding hydrogens is 244 g/mol. The van der Waals surface area contributed by atoms with Gasteiger partial charge in [0.2, 0.25) is 0 Å². The van der Waals surface area contributed by atoms with Crippen molar-refractivity contribution in [3.8, 4) is 0 Å². The number of halogens is 1. The van der Waals surface area contributed by atoms with Crippen LogP contribution < -0.4 is 10.6 Å². The summed E-state index contributed by atoms with van der Waals surface area (Å²) < 4.78 is 0. The summed E-state index contributed by atoms with van der Waals surface area (Å²) in [6.07, 6.45) is 3.47. The van der Waals surface area contributed by atoms with Gasteiger partial charge in [0.25, 0.3) is 0 Å². The maximum atomic E-state index is 6.09. The minimum atomic E-state index is 0.401. The first-order chi connectivity index (χ1) is 8.52. The molecule has 100 valence electrons. The van der Waals surface area contributed by atoms with Crippen LogP contribution in [-0.4, -0.2) is 19.6 Å². The van der Waals surface area contributed by atoms with Crippen LogP contribution in [0, 0.1) is 5.41 Å². The molecule has 2 rings (SSSR count). The Kier molecular flexibility index (Phi) is 4.18. The molecule has 0 aliphatic carbocycles. The van der Waals surface area contributed by atoms with Crippen LogP contribution in [0.2, 0.25) is 5.02 Å². The topological polar surface area (TPSA) is 29.3 Å². The zero-order valence-electron chi connectivity index (χ0n) is 11.4. The fourth-order valence-corrected chi connectivity index (χ4v) is 3.04. The lowest BCUT2D eigenvalue weighted by Crippen LogP contribution is -2.40. The van der Waals surface area contributed by atoms with E-state index in [1.165, 1.54) is 24.1 Å². The first-order valence-corrected chi connectivity index (χ1v) is 7.13. The Morgan fingerprint density at radius 3 is 2.83 bits per heavy atom. The van der Waals surface area contributed by atoms with Crippen molar-refractivity contribution in [2.75, 3.05) is 24.5 Å². The number of rotatable bonds is 3. The summed E-state index contributed by atoms with van der Waals surface area (Å²) in [5, 5.41) is 0.804. The predicted molar refractivity (Wildman–Crippen MR) is 79.4 cm³/mol. The highest BCUT2D eigenvalue weighted by atomic mass is 35.5. The molecule has 0 spiro atoms. The molecule has 1 aromatic carbocycles. The van der Waals surface area contributed by atoms with Crippen molar-refractivity contribution in [1.82, 2.24) is 0 Å². The quantitative estimate of drug-likeness (QED) is 0.908. The number of benzene rings is 1. The number of piperidine rings is 1. The summed E-state index contributed by atoms with van der Waals surface area (Å²) in [5.74, 6) is 0. The third-order valence-electron chi connectivity index (χ3n) is 3.70. The lowest BCUT2D eigenvalue weighted by Gasteiger charge is -2.40. The SMILES string of the molecule is CC1(C)CCCN(c2ccc(Cl)cc2CCN)C1. The second kappa shape index (κ2) is 5.50. The average molecular weight is 267 g/mol. The maximum Gasteiger partial charge on any atom is 0.0410 e. The van der Waals surface area contributed by atoms with Gasteiger partial charge in [0, 0.05) is 23.8 Å². The van der Waals surface area contributed by atoms with Crippen LogP contribution in [0.15, 0.2) is 18.2 Å². The number of nitrogens with two attached hydrogens (primary N) is 1. The zero-order valence-corrected chi connectivity index (χ0v) is 12.1. The average Bonchev–Trinajstić information content (AvgIpc) is 2.28. The van der Waals surface area contributed by atoms with E-state index < -0.39 is 0 Å². The summed E-state index contributed by atoms with van der Waals surface area (Å²) in [4.78, 5) is 2.49. The second-order valence-electron chi connectivity index (χ2n) is 6.00. The van der Waals surface area contributed by atoms with Crippen molar-refractivity contribution in [2.45, 2.75) is 33.1 Å². The molecule has 2 N–H and O–H groups in total. The summed E-state index contributed by atoms with van der Waals surface area (Å²) in [7, 11) is 0. The highest BCUT2D eigenvalue weighted by Gasteiger charge is 2.27. The molecule has 0 atom stereocenters. The van der Waals surface area contributed by atoms with Gasteiger partial charge in [-0.25, -0.2) is 0 Å². The van der Waals surface area contributed by atoms with Crippen molar-refractivity contribution in [2.24, 2.45) is 11.1 Å². The molecule has 0 radical (unpaired) electrons. The van der Waals surface area contributed by atoms with Crippen LogP contribution >= 0.6 is 11.6 Å². The van der Waals surface area contributed by atoms with Gasteiger partial charge in [0.15, 0.2) is 0 Å². The first kappa shape index (κ1) is 13.7. The highest BCUT2D eigenvalue weighted by Crippen LogP contribution is 2.34. The van der Waals surface area contributed by atoms with E-state index in [1.54, 1.807) is 0 Å². The van der Waals surface area contributed by atoms with Gasteiger partial charge >= 0.3 is 0 Å². The molecule has 18 heavy (non-hydrogen) atoms. The first-order valence-electron chi connectivity index (χ1n) is 6.75. The Bertz CT molecular complexity index is 415. The van der Waals surface area contributed by atoms with Gasteiger partial charge in [-0.15, -0.1) is 0 Å². The molecule has 0 aromatic heterocycles. The lowest BCUT2D eigenvalue weighted by molar-refractivity contribution is 0.293. The monoisotopic (exact) mass is 266 g/mol. The molecule has 0 unspecified atom stereocenters. The predicted octanol–water partition coefficient (Wildman–Crippen LogP) is 3.47. The molecule has 1 fully saturated rings. The fourth-order valence-electron chi connectivity index (χ4n) is 2.85. The van der Waals surface area contributed by atoms with E-state index in [0.29, 0.717) is 12.0 Å². The van der Waals surface area contributed by atoms with E-state index in [2.05, 4.69) is 30.9 Å². The third-order valence-corrected chi connectivity index (χ3v) is 3.93. The van der Waals surface area contributed by atoms with Gasteiger partial charge in [-0.2, -0.15) is 0 Å². The van der Waals surface area contributed by atoms with Gasteiger partial charge < -0.3 is 10.6 Å². The van der Waals surface area contributed by atoms with Crippen molar-refractivity contribution in [1.29, 1.82) is 0 Å². The van der Waals surface area contributed by atoms with E-state index in [0.717, 1.165) is 24.5 Å². The van der Waals surface area contributed by atoms with Crippen molar-refractivity contribution in [3.05, 3.63) is 28.8 Å². The van der Waals surface area contributed by atoms with E-state index in [1.807, 2.05) is 6.07 Å². The molecule has 1 aromatic rings. The Morgan fingerprint density at radius 2 is 2.17 bits per heavy atom. The minimum Gasteiger partial charge on any atom is -0.371 e. The van der Waals surface area contributed by atoms with Crippen LogP contribution in [0.3, 0.4) is 0 Å². The number of hydrogen-bond donors (Lipinski definition) is 1.